The number of hydrogen-bond acceptors (Lipinski definition) is 1. The van der Waals surface area contributed by atoms with Gasteiger partial charge in [0.25, 0.3) is 0 Å². The first-order valence-corrected chi connectivity index (χ1v) is 3.09. The highest BCUT2D eigenvalue weighted by molar-refractivity contribution is 6.07. The third-order valence-corrected chi connectivity index (χ3v) is 1.11. The van der Waals surface area contributed by atoms with Crippen molar-refractivity contribution in [3.05, 3.63) is 36.5 Å². The van der Waals surface area contributed by atoms with Crippen LogP contribution in [0.15, 0.2) is 36.5 Å². The first kappa shape index (κ1) is 8.89. The largest absolute Gasteiger partial charge is 0.289 e. The molecule has 0 amide bonds. The minimum absolute atomic E-state index is 0.0000926. The summed E-state index contributed by atoms with van der Waals surface area (Å²) in [5, 5.41) is 0. The fourth-order valence-corrected chi connectivity index (χ4v) is 0.589. The van der Waals surface area contributed by atoms with E-state index in [0.717, 1.165) is 0 Å². The maximum Gasteiger partial charge on any atom is 0.183 e. The Balaban J connectivity index is 4.36. The van der Waals surface area contributed by atoms with E-state index in [1.165, 1.54) is 0 Å². The summed E-state index contributed by atoms with van der Waals surface area (Å²) in [6, 6.07) is 0. The molecule has 54 valence electrons. The number of carbonyl (C=O) groups is 1. The lowest BCUT2D eigenvalue weighted by Gasteiger charge is -1.95. The highest BCUT2D eigenvalue weighted by atomic mass is 16.1. The summed E-state index contributed by atoms with van der Waals surface area (Å²) in [4.78, 5) is 11.0. The van der Waals surface area contributed by atoms with Crippen LogP contribution in [-0.4, -0.2) is 5.78 Å². The van der Waals surface area contributed by atoms with Crippen molar-refractivity contribution in [1.82, 2.24) is 0 Å². The molecule has 0 aromatic rings. The van der Waals surface area contributed by atoms with E-state index in [0.29, 0.717) is 11.1 Å². The molecular weight excluding hydrogens is 124 g/mol. The summed E-state index contributed by atoms with van der Waals surface area (Å²) >= 11 is 0. The third kappa shape index (κ3) is 2.44. The van der Waals surface area contributed by atoms with Crippen LogP contribution in [0, 0.1) is 0 Å². The molecule has 0 spiro atoms. The normalized spacial score (nSPS) is 10.8. The second kappa shape index (κ2) is 3.83. The fourth-order valence-electron chi connectivity index (χ4n) is 0.589. The molecule has 0 saturated carbocycles. The van der Waals surface area contributed by atoms with Gasteiger partial charge in [-0.05, 0) is 25.0 Å². The molecular formula is C9H12O. The van der Waals surface area contributed by atoms with Crippen molar-refractivity contribution < 1.29 is 4.79 Å². The van der Waals surface area contributed by atoms with E-state index in [-0.39, 0.29) is 5.78 Å². The highest BCUT2D eigenvalue weighted by Crippen LogP contribution is 2.01. The number of allylic oxidation sites excluding steroid dienone is 4. The zero-order chi connectivity index (χ0) is 8.15. The molecule has 0 aromatic carbocycles. The molecule has 0 aromatic heterocycles. The van der Waals surface area contributed by atoms with Crippen molar-refractivity contribution in [3.63, 3.8) is 0 Å². The van der Waals surface area contributed by atoms with Crippen LogP contribution in [0.4, 0.5) is 0 Å². The standard InChI is InChI=1S/C9H12O/c1-5-6-8(4)9(10)7(2)3/h5-6H,1-2H2,3-4H3. The molecule has 0 aliphatic rings. The first-order chi connectivity index (χ1) is 4.59. The summed E-state index contributed by atoms with van der Waals surface area (Å²) in [7, 11) is 0. The van der Waals surface area contributed by atoms with Gasteiger partial charge in [0, 0.05) is 0 Å². The average Bonchev–Trinajstić information content (AvgIpc) is 1.87. The second-order valence-corrected chi connectivity index (χ2v) is 2.19. The molecule has 0 radical (unpaired) electrons. The van der Waals surface area contributed by atoms with Crippen LogP contribution in [0.1, 0.15) is 13.8 Å². The summed E-state index contributed by atoms with van der Waals surface area (Å²) in [6.45, 7) is 10.5. The van der Waals surface area contributed by atoms with Crippen molar-refractivity contribution in [2.75, 3.05) is 0 Å². The van der Waals surface area contributed by atoms with Gasteiger partial charge in [-0.25, -0.2) is 0 Å². The predicted octanol–water partition coefficient (Wildman–Crippen LogP) is 2.26. The van der Waals surface area contributed by atoms with Crippen molar-refractivity contribution >= 4 is 5.78 Å². The van der Waals surface area contributed by atoms with E-state index in [1.54, 1.807) is 26.0 Å². The number of hydrogen-bond donors (Lipinski definition) is 0. The van der Waals surface area contributed by atoms with Crippen molar-refractivity contribution in [2.24, 2.45) is 0 Å². The van der Waals surface area contributed by atoms with Gasteiger partial charge in [-0.1, -0.05) is 25.3 Å². The van der Waals surface area contributed by atoms with Gasteiger partial charge < -0.3 is 0 Å². The molecule has 0 bridgehead atoms. The van der Waals surface area contributed by atoms with Gasteiger partial charge in [0.1, 0.15) is 0 Å². The predicted molar refractivity (Wildman–Crippen MR) is 43.8 cm³/mol. The van der Waals surface area contributed by atoms with Gasteiger partial charge >= 0.3 is 0 Å². The molecule has 1 nitrogen and oxygen atoms in total. The SMILES string of the molecule is C=CC=C(C)C(=O)C(=C)C. The number of rotatable bonds is 3. The van der Waals surface area contributed by atoms with E-state index >= 15 is 0 Å². The van der Waals surface area contributed by atoms with Crippen LogP contribution in [0.2, 0.25) is 0 Å². The Morgan fingerprint density at radius 2 is 1.90 bits per heavy atom. The lowest BCUT2D eigenvalue weighted by Crippen LogP contribution is -1.98. The molecule has 0 heterocycles. The van der Waals surface area contributed by atoms with Crippen molar-refractivity contribution in [3.8, 4) is 0 Å². The lowest BCUT2D eigenvalue weighted by molar-refractivity contribution is -0.112. The van der Waals surface area contributed by atoms with Crippen LogP contribution in [-0.2, 0) is 4.79 Å². The zero-order valence-electron chi connectivity index (χ0n) is 6.48. The molecule has 0 aliphatic heterocycles. The zero-order valence-corrected chi connectivity index (χ0v) is 6.48. The highest BCUT2D eigenvalue weighted by Gasteiger charge is 2.01. The van der Waals surface area contributed by atoms with E-state index in [1.807, 2.05) is 0 Å². The molecule has 0 unspecified atom stereocenters. The lowest BCUT2D eigenvalue weighted by atomic mass is 10.1. The topological polar surface area (TPSA) is 17.1 Å². The van der Waals surface area contributed by atoms with E-state index < -0.39 is 0 Å². The van der Waals surface area contributed by atoms with E-state index in [9.17, 15) is 4.79 Å². The maximum atomic E-state index is 11.0. The second-order valence-electron chi connectivity index (χ2n) is 2.19. The Labute approximate surface area is 61.8 Å². The number of Topliss-reactive ketones (excluding diaryl/α,β-unsaturated/α-hetero) is 1. The summed E-state index contributed by atoms with van der Waals surface area (Å²) < 4.78 is 0. The molecule has 0 aliphatic carbocycles. The summed E-state index contributed by atoms with van der Waals surface area (Å²) in [6.07, 6.45) is 3.27. The summed E-state index contributed by atoms with van der Waals surface area (Å²) in [5.41, 5.74) is 1.25. The van der Waals surface area contributed by atoms with Gasteiger partial charge in [-0.3, -0.25) is 4.79 Å². The van der Waals surface area contributed by atoms with Crippen LogP contribution in [0.5, 0.6) is 0 Å². The van der Waals surface area contributed by atoms with Gasteiger partial charge in [-0.15, -0.1) is 0 Å². The third-order valence-electron chi connectivity index (χ3n) is 1.11. The molecule has 0 saturated heterocycles. The number of ketones is 1. The van der Waals surface area contributed by atoms with E-state index in [2.05, 4.69) is 13.2 Å². The molecule has 0 rings (SSSR count). The minimum atomic E-state index is -0.0000926. The van der Waals surface area contributed by atoms with Crippen LogP contribution >= 0.6 is 0 Å². The maximum absolute atomic E-state index is 11.0. The Kier molecular flexibility index (Phi) is 3.40. The fraction of sp³-hybridized carbons (Fsp3) is 0.222. The van der Waals surface area contributed by atoms with Gasteiger partial charge in [0.05, 0.1) is 0 Å². The molecule has 0 N–H and O–H groups in total. The van der Waals surface area contributed by atoms with Gasteiger partial charge in [0.15, 0.2) is 5.78 Å². The van der Waals surface area contributed by atoms with E-state index in [4.69, 9.17) is 0 Å². The Bertz CT molecular complexity index is 197. The molecule has 0 fully saturated rings. The van der Waals surface area contributed by atoms with Crippen LogP contribution in [0.25, 0.3) is 0 Å². The Hall–Kier alpha value is -1.11. The molecule has 0 atom stereocenters. The number of carbonyl (C=O) groups excluding carboxylic acids is 1. The first-order valence-electron chi connectivity index (χ1n) is 3.09. The molecule has 1 heteroatoms. The van der Waals surface area contributed by atoms with Crippen molar-refractivity contribution in [1.29, 1.82) is 0 Å². The smallest absolute Gasteiger partial charge is 0.183 e. The van der Waals surface area contributed by atoms with Crippen LogP contribution < -0.4 is 0 Å². The monoisotopic (exact) mass is 136 g/mol. The van der Waals surface area contributed by atoms with Crippen LogP contribution in [0.3, 0.4) is 0 Å². The van der Waals surface area contributed by atoms with Crippen molar-refractivity contribution in [2.45, 2.75) is 13.8 Å². The summed E-state index contributed by atoms with van der Waals surface area (Å²) in [5.74, 6) is -0.0000926. The average molecular weight is 136 g/mol. The molecule has 10 heavy (non-hydrogen) atoms. The quantitative estimate of drug-likeness (QED) is 0.429. The van der Waals surface area contributed by atoms with Gasteiger partial charge in [0.2, 0.25) is 0 Å². The van der Waals surface area contributed by atoms with Gasteiger partial charge in [-0.2, -0.15) is 0 Å². The Morgan fingerprint density at radius 3 is 2.20 bits per heavy atom. The Morgan fingerprint density at radius 1 is 1.40 bits per heavy atom. The minimum Gasteiger partial charge on any atom is -0.289 e.